The summed E-state index contributed by atoms with van der Waals surface area (Å²) in [6.07, 6.45) is 1.91. The molecule has 0 radical (unpaired) electrons. The molecule has 146 valence electrons. The van der Waals surface area contributed by atoms with Crippen LogP contribution in [0, 0.1) is 12.8 Å². The molecule has 0 aromatic heterocycles. The number of aryl methyl sites for hydroxylation is 1. The van der Waals surface area contributed by atoms with Crippen molar-refractivity contribution >= 4 is 29.4 Å². The molecule has 1 aliphatic heterocycles. The first-order chi connectivity index (χ1) is 12.9. The van der Waals surface area contributed by atoms with E-state index >= 15 is 0 Å². The molecule has 5 heteroatoms. The van der Waals surface area contributed by atoms with E-state index in [9.17, 15) is 8.42 Å². The Morgan fingerprint density at radius 1 is 1.00 bits per heavy atom. The summed E-state index contributed by atoms with van der Waals surface area (Å²) in [5.41, 5.74) is 1.08. The van der Waals surface area contributed by atoms with E-state index in [4.69, 9.17) is 0 Å². The molecule has 0 spiro atoms. The van der Waals surface area contributed by atoms with E-state index in [0.29, 0.717) is 15.6 Å². The molecule has 1 heterocycles. The normalized spacial score (nSPS) is 26.4. The molecule has 0 amide bonds. The molecular weight excluding hydrogens is 421 g/mol. The molecular formula is C22H29NO2SSe. The summed E-state index contributed by atoms with van der Waals surface area (Å²) in [4.78, 5) is 0.816. The molecule has 0 bridgehead atoms. The number of hydrogen-bond acceptors (Lipinski definition) is 2. The molecule has 2 aromatic rings. The van der Waals surface area contributed by atoms with Crippen molar-refractivity contribution in [3.63, 3.8) is 0 Å². The number of benzene rings is 2. The Labute approximate surface area is 170 Å². The fraction of sp³-hybridized carbons (Fsp3) is 0.455. The van der Waals surface area contributed by atoms with E-state index in [1.54, 1.807) is 12.1 Å². The maximum atomic E-state index is 13.5. The fourth-order valence-electron chi connectivity index (χ4n) is 3.96. The average molecular weight is 451 g/mol. The van der Waals surface area contributed by atoms with Gasteiger partial charge in [0.1, 0.15) is 0 Å². The summed E-state index contributed by atoms with van der Waals surface area (Å²) in [5.74, 6) is 0.349. The zero-order chi connectivity index (χ0) is 19.6. The standard InChI is InChI=1S/C22H29NO2SSe/c1-5-9-21-22(27-20-10-7-6-8-11-20)17(3)18(4)23(21)26(24,25)19-14-12-16(2)13-15-19/h6-8,10-15,17-18,21-22H,5,9H2,1-4H3/t17-,18+,21-,22+/m0/s1. The van der Waals surface area contributed by atoms with Crippen molar-refractivity contribution in [3.8, 4) is 0 Å². The van der Waals surface area contributed by atoms with Crippen molar-refractivity contribution < 1.29 is 8.42 Å². The predicted octanol–water partition coefficient (Wildman–Crippen LogP) is 4.01. The Balaban J connectivity index is 1.97. The molecule has 1 aliphatic rings. The third-order valence-corrected chi connectivity index (χ3v) is 10.9. The van der Waals surface area contributed by atoms with Gasteiger partial charge in [-0.15, -0.1) is 0 Å². The Bertz CT molecular complexity index is 852. The van der Waals surface area contributed by atoms with Gasteiger partial charge < -0.3 is 0 Å². The first kappa shape index (κ1) is 20.6. The average Bonchev–Trinajstić information content (AvgIpc) is 2.88. The number of nitrogens with zero attached hydrogens (tertiary/aromatic N) is 1. The molecule has 3 rings (SSSR count). The third kappa shape index (κ3) is 4.17. The monoisotopic (exact) mass is 451 g/mol. The first-order valence-corrected chi connectivity index (χ1v) is 13.0. The van der Waals surface area contributed by atoms with Crippen molar-refractivity contribution in [2.24, 2.45) is 5.92 Å². The SMILES string of the molecule is CCC[C@H]1[C@H]([Se]c2ccccc2)[C@@H](C)[C@@H](C)N1S(=O)(=O)c1ccc(C)cc1. The first-order valence-electron chi connectivity index (χ1n) is 9.68. The Morgan fingerprint density at radius 3 is 2.22 bits per heavy atom. The molecule has 0 aliphatic carbocycles. The summed E-state index contributed by atoms with van der Waals surface area (Å²) in [5, 5.41) is 0. The van der Waals surface area contributed by atoms with Crippen LogP contribution in [0.2, 0.25) is 4.82 Å². The zero-order valence-electron chi connectivity index (χ0n) is 16.5. The van der Waals surface area contributed by atoms with Crippen molar-refractivity contribution in [1.29, 1.82) is 0 Å². The molecule has 2 aromatic carbocycles. The summed E-state index contributed by atoms with van der Waals surface area (Å²) < 4.78 is 30.2. The van der Waals surface area contributed by atoms with Crippen LogP contribution in [0.1, 0.15) is 39.2 Å². The van der Waals surface area contributed by atoms with Gasteiger partial charge in [-0.05, 0) is 0 Å². The molecule has 3 nitrogen and oxygen atoms in total. The second-order valence-electron chi connectivity index (χ2n) is 7.50. The number of hydrogen-bond donors (Lipinski definition) is 0. The Kier molecular flexibility index (Phi) is 6.47. The third-order valence-electron chi connectivity index (χ3n) is 5.58. The van der Waals surface area contributed by atoms with Gasteiger partial charge in [0.15, 0.2) is 0 Å². The molecule has 0 saturated carbocycles. The van der Waals surface area contributed by atoms with Crippen LogP contribution in [0.15, 0.2) is 59.5 Å². The van der Waals surface area contributed by atoms with Gasteiger partial charge in [-0.1, -0.05) is 0 Å². The number of rotatable bonds is 6. The molecule has 4 atom stereocenters. The van der Waals surface area contributed by atoms with Crippen molar-refractivity contribution in [2.45, 2.75) is 62.3 Å². The van der Waals surface area contributed by atoms with E-state index in [1.165, 1.54) is 4.46 Å². The van der Waals surface area contributed by atoms with Gasteiger partial charge in [-0.25, -0.2) is 0 Å². The van der Waals surface area contributed by atoms with Crippen LogP contribution in [-0.2, 0) is 10.0 Å². The second-order valence-corrected chi connectivity index (χ2v) is 12.0. The van der Waals surface area contributed by atoms with Crippen LogP contribution >= 0.6 is 0 Å². The molecule has 1 fully saturated rings. The van der Waals surface area contributed by atoms with Gasteiger partial charge in [0.25, 0.3) is 0 Å². The predicted molar refractivity (Wildman–Crippen MR) is 113 cm³/mol. The number of sulfonamides is 1. The van der Waals surface area contributed by atoms with Gasteiger partial charge in [-0.2, -0.15) is 0 Å². The van der Waals surface area contributed by atoms with Crippen molar-refractivity contribution in [2.75, 3.05) is 0 Å². The van der Waals surface area contributed by atoms with Crippen LogP contribution in [0.25, 0.3) is 0 Å². The van der Waals surface area contributed by atoms with E-state index < -0.39 is 10.0 Å². The fourth-order valence-corrected chi connectivity index (χ4v) is 9.22. The van der Waals surface area contributed by atoms with Gasteiger partial charge in [0.05, 0.1) is 0 Å². The van der Waals surface area contributed by atoms with E-state index in [2.05, 4.69) is 45.0 Å². The molecule has 1 saturated heterocycles. The van der Waals surface area contributed by atoms with Crippen LogP contribution < -0.4 is 4.46 Å². The topological polar surface area (TPSA) is 37.4 Å². The Morgan fingerprint density at radius 2 is 1.63 bits per heavy atom. The molecule has 0 N–H and O–H groups in total. The summed E-state index contributed by atoms with van der Waals surface area (Å²) in [7, 11) is -3.49. The summed E-state index contributed by atoms with van der Waals surface area (Å²) >= 11 is 0.256. The second kappa shape index (κ2) is 8.48. The summed E-state index contributed by atoms with van der Waals surface area (Å²) in [6, 6.07) is 17.9. The van der Waals surface area contributed by atoms with E-state index in [-0.39, 0.29) is 27.0 Å². The minimum absolute atomic E-state index is 0.0171. The molecule has 0 unspecified atom stereocenters. The van der Waals surface area contributed by atoms with Gasteiger partial charge in [0, 0.05) is 0 Å². The van der Waals surface area contributed by atoms with Crippen LogP contribution in [0.4, 0.5) is 0 Å². The maximum absolute atomic E-state index is 13.5. The van der Waals surface area contributed by atoms with Gasteiger partial charge >= 0.3 is 171 Å². The quantitative estimate of drug-likeness (QED) is 0.624. The van der Waals surface area contributed by atoms with Crippen LogP contribution in [0.3, 0.4) is 0 Å². The van der Waals surface area contributed by atoms with Crippen LogP contribution in [0.5, 0.6) is 0 Å². The Hall–Kier alpha value is -1.13. The van der Waals surface area contributed by atoms with Crippen molar-refractivity contribution in [3.05, 3.63) is 60.2 Å². The van der Waals surface area contributed by atoms with Crippen LogP contribution in [-0.4, -0.2) is 39.8 Å². The minimum atomic E-state index is -3.49. The van der Waals surface area contributed by atoms with E-state index in [0.717, 1.165) is 18.4 Å². The van der Waals surface area contributed by atoms with Crippen molar-refractivity contribution in [1.82, 2.24) is 4.31 Å². The van der Waals surface area contributed by atoms with Gasteiger partial charge in [0.2, 0.25) is 0 Å². The van der Waals surface area contributed by atoms with E-state index in [1.807, 2.05) is 29.4 Å². The molecule has 27 heavy (non-hydrogen) atoms. The zero-order valence-corrected chi connectivity index (χ0v) is 19.0. The summed E-state index contributed by atoms with van der Waals surface area (Å²) in [6.45, 7) is 8.44. The van der Waals surface area contributed by atoms with Gasteiger partial charge in [-0.3, -0.25) is 0 Å².